The van der Waals surface area contributed by atoms with Crippen LogP contribution in [-0.2, 0) is 0 Å². The van der Waals surface area contributed by atoms with E-state index in [-0.39, 0.29) is 5.54 Å². The summed E-state index contributed by atoms with van der Waals surface area (Å²) in [5, 5.41) is 0. The predicted octanol–water partition coefficient (Wildman–Crippen LogP) is 2.69. The van der Waals surface area contributed by atoms with Crippen molar-refractivity contribution in [3.8, 4) is 0 Å². The Morgan fingerprint density at radius 2 is 2.18 bits per heavy atom. The first-order valence-electron chi connectivity index (χ1n) is 4.99. The summed E-state index contributed by atoms with van der Waals surface area (Å²) in [6, 6.07) is 0. The Labute approximate surface area is 70.4 Å². The molecule has 0 aromatic carbocycles. The second-order valence-electron chi connectivity index (χ2n) is 4.13. The average molecular weight is 155 g/mol. The molecule has 1 heteroatoms. The first-order chi connectivity index (χ1) is 5.20. The minimum Gasteiger partial charge on any atom is -0.325 e. The lowest BCUT2D eigenvalue weighted by atomic mass is 9.91. The van der Waals surface area contributed by atoms with Gasteiger partial charge in [-0.25, -0.2) is 0 Å². The van der Waals surface area contributed by atoms with Crippen LogP contribution in [0.3, 0.4) is 0 Å². The summed E-state index contributed by atoms with van der Waals surface area (Å²) in [4.78, 5) is 0. The van der Waals surface area contributed by atoms with Gasteiger partial charge in [-0.15, -0.1) is 0 Å². The molecule has 0 amide bonds. The van der Waals surface area contributed by atoms with Gasteiger partial charge in [-0.1, -0.05) is 26.7 Å². The molecule has 1 rings (SSSR count). The van der Waals surface area contributed by atoms with Crippen molar-refractivity contribution in [2.75, 3.05) is 0 Å². The second-order valence-corrected chi connectivity index (χ2v) is 4.13. The molecule has 11 heavy (non-hydrogen) atoms. The number of nitrogens with two attached hydrogens (primary N) is 1. The Hall–Kier alpha value is -0.0400. The van der Waals surface area contributed by atoms with Crippen molar-refractivity contribution >= 4 is 0 Å². The largest absolute Gasteiger partial charge is 0.325 e. The van der Waals surface area contributed by atoms with Gasteiger partial charge in [0, 0.05) is 5.54 Å². The third kappa shape index (κ3) is 2.19. The maximum Gasteiger partial charge on any atom is 0.0157 e. The summed E-state index contributed by atoms with van der Waals surface area (Å²) < 4.78 is 0. The quantitative estimate of drug-likeness (QED) is 0.666. The van der Waals surface area contributed by atoms with E-state index in [4.69, 9.17) is 5.73 Å². The summed E-state index contributed by atoms with van der Waals surface area (Å²) in [6.07, 6.45) is 7.70. The topological polar surface area (TPSA) is 26.0 Å². The number of rotatable bonds is 3. The predicted molar refractivity (Wildman–Crippen MR) is 49.5 cm³/mol. The fourth-order valence-electron chi connectivity index (χ4n) is 2.34. The van der Waals surface area contributed by atoms with Gasteiger partial charge in [-0.2, -0.15) is 0 Å². The molecule has 2 atom stereocenters. The van der Waals surface area contributed by atoms with Crippen molar-refractivity contribution in [1.82, 2.24) is 0 Å². The molecule has 0 saturated heterocycles. The average Bonchev–Trinajstić information content (AvgIpc) is 2.33. The third-order valence-corrected chi connectivity index (χ3v) is 3.07. The van der Waals surface area contributed by atoms with Crippen LogP contribution in [0, 0.1) is 5.92 Å². The van der Waals surface area contributed by atoms with Crippen LogP contribution in [-0.4, -0.2) is 5.54 Å². The van der Waals surface area contributed by atoms with E-state index in [9.17, 15) is 0 Å². The zero-order valence-electron chi connectivity index (χ0n) is 7.90. The molecule has 0 heterocycles. The first-order valence-corrected chi connectivity index (χ1v) is 4.99. The van der Waals surface area contributed by atoms with Crippen LogP contribution in [0.15, 0.2) is 0 Å². The zero-order chi connectivity index (χ0) is 8.32. The standard InChI is InChI=1S/C10H21N/c1-3-6-10(11)7-5-9(4-2)8-10/h9H,3-8,11H2,1-2H3. The van der Waals surface area contributed by atoms with E-state index in [1.54, 1.807) is 0 Å². The lowest BCUT2D eigenvalue weighted by Crippen LogP contribution is -2.36. The molecular formula is C10H21N. The van der Waals surface area contributed by atoms with E-state index in [0.717, 1.165) is 5.92 Å². The maximum atomic E-state index is 6.24. The van der Waals surface area contributed by atoms with Crippen molar-refractivity contribution in [3.05, 3.63) is 0 Å². The second kappa shape index (κ2) is 3.57. The van der Waals surface area contributed by atoms with Crippen LogP contribution in [0.4, 0.5) is 0 Å². The number of hydrogen-bond acceptors (Lipinski definition) is 1. The molecule has 0 spiro atoms. The summed E-state index contributed by atoms with van der Waals surface area (Å²) in [5.41, 5.74) is 6.45. The zero-order valence-corrected chi connectivity index (χ0v) is 7.90. The smallest absolute Gasteiger partial charge is 0.0157 e. The molecule has 1 aliphatic carbocycles. The lowest BCUT2D eigenvalue weighted by Gasteiger charge is -2.23. The molecule has 1 aliphatic rings. The third-order valence-electron chi connectivity index (χ3n) is 3.07. The molecule has 0 radical (unpaired) electrons. The fraction of sp³-hybridized carbons (Fsp3) is 1.00. The van der Waals surface area contributed by atoms with E-state index in [0.29, 0.717) is 0 Å². The summed E-state index contributed by atoms with van der Waals surface area (Å²) in [7, 11) is 0. The Morgan fingerprint density at radius 3 is 2.64 bits per heavy atom. The SMILES string of the molecule is CCCC1(N)CCC(CC)C1. The summed E-state index contributed by atoms with van der Waals surface area (Å²) in [5.74, 6) is 0.923. The van der Waals surface area contributed by atoms with Gasteiger partial charge >= 0.3 is 0 Å². The van der Waals surface area contributed by atoms with E-state index in [2.05, 4.69) is 13.8 Å². The minimum absolute atomic E-state index is 0.218. The highest BCUT2D eigenvalue weighted by atomic mass is 14.8. The van der Waals surface area contributed by atoms with Crippen LogP contribution in [0.2, 0.25) is 0 Å². The molecule has 66 valence electrons. The van der Waals surface area contributed by atoms with Gasteiger partial charge in [0.05, 0.1) is 0 Å². The van der Waals surface area contributed by atoms with Crippen molar-refractivity contribution in [3.63, 3.8) is 0 Å². The monoisotopic (exact) mass is 155 g/mol. The molecule has 1 fully saturated rings. The highest BCUT2D eigenvalue weighted by Gasteiger charge is 2.33. The normalized spacial score (nSPS) is 37.9. The molecule has 0 aromatic rings. The Balaban J connectivity index is 2.37. The molecule has 2 N–H and O–H groups in total. The molecular weight excluding hydrogens is 134 g/mol. The van der Waals surface area contributed by atoms with Gasteiger partial charge in [-0.05, 0) is 31.6 Å². The van der Waals surface area contributed by atoms with Crippen molar-refractivity contribution in [2.45, 2.75) is 57.9 Å². The van der Waals surface area contributed by atoms with Gasteiger partial charge in [0.15, 0.2) is 0 Å². The van der Waals surface area contributed by atoms with Crippen LogP contribution < -0.4 is 5.73 Å². The van der Waals surface area contributed by atoms with Crippen molar-refractivity contribution in [1.29, 1.82) is 0 Å². The van der Waals surface area contributed by atoms with E-state index >= 15 is 0 Å². The molecule has 0 aromatic heterocycles. The molecule has 1 nitrogen and oxygen atoms in total. The first kappa shape index (κ1) is 9.05. The highest BCUT2D eigenvalue weighted by molar-refractivity contribution is 4.92. The lowest BCUT2D eigenvalue weighted by molar-refractivity contribution is 0.378. The van der Waals surface area contributed by atoms with Gasteiger partial charge < -0.3 is 5.73 Å². The Kier molecular flexibility index (Phi) is 2.94. The van der Waals surface area contributed by atoms with E-state index in [1.165, 1.54) is 38.5 Å². The fourth-order valence-corrected chi connectivity index (χ4v) is 2.34. The van der Waals surface area contributed by atoms with E-state index in [1.807, 2.05) is 0 Å². The van der Waals surface area contributed by atoms with Gasteiger partial charge in [0.25, 0.3) is 0 Å². The summed E-state index contributed by atoms with van der Waals surface area (Å²) >= 11 is 0. The maximum absolute atomic E-state index is 6.24. The van der Waals surface area contributed by atoms with Crippen LogP contribution in [0.5, 0.6) is 0 Å². The molecule has 0 aliphatic heterocycles. The Bertz CT molecular complexity index is 122. The van der Waals surface area contributed by atoms with Gasteiger partial charge in [0.2, 0.25) is 0 Å². The van der Waals surface area contributed by atoms with Crippen LogP contribution in [0.25, 0.3) is 0 Å². The Morgan fingerprint density at radius 1 is 1.45 bits per heavy atom. The molecule has 1 saturated carbocycles. The molecule has 2 unspecified atom stereocenters. The summed E-state index contributed by atoms with van der Waals surface area (Å²) in [6.45, 7) is 4.51. The van der Waals surface area contributed by atoms with Crippen LogP contribution in [0.1, 0.15) is 52.4 Å². The molecule has 0 bridgehead atoms. The van der Waals surface area contributed by atoms with Crippen molar-refractivity contribution in [2.24, 2.45) is 11.7 Å². The van der Waals surface area contributed by atoms with Gasteiger partial charge in [-0.3, -0.25) is 0 Å². The highest BCUT2D eigenvalue weighted by Crippen LogP contribution is 2.37. The van der Waals surface area contributed by atoms with Gasteiger partial charge in [0.1, 0.15) is 0 Å². The minimum atomic E-state index is 0.218. The number of hydrogen-bond donors (Lipinski definition) is 1. The van der Waals surface area contributed by atoms with Crippen LogP contribution >= 0.6 is 0 Å². The van der Waals surface area contributed by atoms with E-state index < -0.39 is 0 Å². The van der Waals surface area contributed by atoms with Crippen molar-refractivity contribution < 1.29 is 0 Å².